The van der Waals surface area contributed by atoms with E-state index in [2.05, 4.69) is 25.8 Å². The highest BCUT2D eigenvalue weighted by molar-refractivity contribution is 6.31. The van der Waals surface area contributed by atoms with Gasteiger partial charge in [-0.3, -0.25) is 4.99 Å². The van der Waals surface area contributed by atoms with Crippen molar-refractivity contribution in [1.29, 1.82) is 0 Å². The molecule has 0 unspecified atom stereocenters. The maximum Gasteiger partial charge on any atom is 0.226 e. The highest BCUT2D eigenvalue weighted by Crippen LogP contribution is 2.29. The lowest BCUT2D eigenvalue weighted by Crippen LogP contribution is -2.43. The molecule has 0 spiro atoms. The lowest BCUT2D eigenvalue weighted by molar-refractivity contribution is 0.368. The summed E-state index contributed by atoms with van der Waals surface area (Å²) >= 11 is 6.21. The first-order chi connectivity index (χ1) is 13.2. The Bertz CT molecular complexity index is 804. The number of halogens is 2. The Morgan fingerprint density at radius 1 is 1.32 bits per heavy atom. The maximum absolute atomic E-state index is 13.3. The average molecular weight is 410 g/mol. The summed E-state index contributed by atoms with van der Waals surface area (Å²) in [5.41, 5.74) is 0.593. The minimum absolute atomic E-state index is 0.261. The highest BCUT2D eigenvalue weighted by atomic mass is 35.5. The monoisotopic (exact) mass is 409 g/mol. The fourth-order valence-corrected chi connectivity index (χ4v) is 3.13. The number of benzene rings is 1. The maximum atomic E-state index is 13.3. The molecule has 2 rings (SSSR count). The number of hydrogen-bond donors (Lipinski definition) is 2. The van der Waals surface area contributed by atoms with Crippen molar-refractivity contribution in [2.45, 2.75) is 51.9 Å². The summed E-state index contributed by atoms with van der Waals surface area (Å²) < 4.78 is 18.5. The molecule has 0 radical (unpaired) electrons. The number of rotatable bonds is 8. The number of nitrogens with zero attached hydrogens (tertiary/aromatic N) is 3. The van der Waals surface area contributed by atoms with E-state index in [1.165, 1.54) is 12.1 Å². The molecule has 0 aliphatic carbocycles. The topological polar surface area (TPSA) is 75.3 Å². The van der Waals surface area contributed by atoms with Crippen LogP contribution in [-0.2, 0) is 11.8 Å². The Balaban J connectivity index is 1.80. The van der Waals surface area contributed by atoms with Crippen LogP contribution in [0.2, 0.25) is 5.02 Å². The Morgan fingerprint density at radius 3 is 2.68 bits per heavy atom. The summed E-state index contributed by atoms with van der Waals surface area (Å²) in [6.45, 7) is 9.48. The zero-order chi connectivity index (χ0) is 20.7. The second-order valence-corrected chi connectivity index (χ2v) is 8.07. The van der Waals surface area contributed by atoms with Gasteiger partial charge in [-0.25, -0.2) is 4.39 Å². The minimum Gasteiger partial charge on any atom is -0.356 e. The zero-order valence-electron chi connectivity index (χ0n) is 17.1. The Hall–Kier alpha value is -2.15. The van der Waals surface area contributed by atoms with Crippen molar-refractivity contribution in [3.63, 3.8) is 0 Å². The normalized spacial score (nSPS) is 12.5. The number of nitrogens with one attached hydrogen (secondary N) is 2. The van der Waals surface area contributed by atoms with Gasteiger partial charge in [-0.05, 0) is 24.1 Å². The Kier molecular flexibility index (Phi) is 7.80. The van der Waals surface area contributed by atoms with Gasteiger partial charge in [-0.1, -0.05) is 50.5 Å². The second-order valence-electron chi connectivity index (χ2n) is 7.67. The molecule has 154 valence electrons. The molecule has 1 aromatic heterocycles. The van der Waals surface area contributed by atoms with Crippen molar-refractivity contribution < 1.29 is 8.91 Å². The predicted octanol–water partition coefficient (Wildman–Crippen LogP) is 4.06. The summed E-state index contributed by atoms with van der Waals surface area (Å²) in [5, 5.41) is 11.0. The van der Waals surface area contributed by atoms with Gasteiger partial charge in [0.25, 0.3) is 0 Å². The number of aliphatic imine (C=N–C) groups is 1. The van der Waals surface area contributed by atoms with E-state index in [0.717, 1.165) is 24.4 Å². The number of hydrogen-bond acceptors (Lipinski definition) is 4. The molecular weight excluding hydrogens is 381 g/mol. The predicted molar refractivity (Wildman–Crippen MR) is 111 cm³/mol. The fourth-order valence-electron chi connectivity index (χ4n) is 2.71. The molecule has 0 amide bonds. The SMILES string of the molecule is CN=C(NCCCc1nc(C(C)C)no1)NCC(C)(C)c1ccc(F)cc1Cl. The molecule has 28 heavy (non-hydrogen) atoms. The number of guanidine groups is 1. The van der Waals surface area contributed by atoms with Gasteiger partial charge in [0.2, 0.25) is 5.89 Å². The van der Waals surface area contributed by atoms with E-state index < -0.39 is 0 Å². The van der Waals surface area contributed by atoms with Gasteiger partial charge < -0.3 is 15.2 Å². The third-order valence-corrected chi connectivity index (χ3v) is 4.75. The van der Waals surface area contributed by atoms with Crippen molar-refractivity contribution in [3.05, 3.63) is 46.3 Å². The summed E-state index contributed by atoms with van der Waals surface area (Å²) in [6, 6.07) is 4.50. The third-order valence-electron chi connectivity index (χ3n) is 4.44. The van der Waals surface area contributed by atoms with Gasteiger partial charge in [0.1, 0.15) is 5.82 Å². The standard InChI is InChI=1S/C20H29ClFN5O/c1-13(2)18-26-17(28-27-18)7-6-10-24-19(23-5)25-12-20(3,4)15-9-8-14(22)11-16(15)21/h8-9,11,13H,6-7,10,12H2,1-5H3,(H2,23,24,25). The van der Waals surface area contributed by atoms with Crippen molar-refractivity contribution in [3.8, 4) is 0 Å². The molecule has 1 aromatic carbocycles. The van der Waals surface area contributed by atoms with Gasteiger partial charge in [0.15, 0.2) is 11.8 Å². The van der Waals surface area contributed by atoms with Gasteiger partial charge in [0.05, 0.1) is 0 Å². The lowest BCUT2D eigenvalue weighted by Gasteiger charge is -2.27. The van der Waals surface area contributed by atoms with E-state index in [1.54, 1.807) is 13.1 Å². The molecule has 0 fully saturated rings. The summed E-state index contributed by atoms with van der Waals surface area (Å²) in [4.78, 5) is 8.62. The van der Waals surface area contributed by atoms with Gasteiger partial charge >= 0.3 is 0 Å². The van der Waals surface area contributed by atoms with Crippen LogP contribution in [-0.4, -0.2) is 36.2 Å². The van der Waals surface area contributed by atoms with Crippen LogP contribution in [0, 0.1) is 5.82 Å². The zero-order valence-corrected chi connectivity index (χ0v) is 17.9. The summed E-state index contributed by atoms with van der Waals surface area (Å²) in [5.74, 6) is 2.01. The van der Waals surface area contributed by atoms with Crippen LogP contribution >= 0.6 is 11.6 Å². The van der Waals surface area contributed by atoms with Crippen LogP contribution in [0.5, 0.6) is 0 Å². The van der Waals surface area contributed by atoms with Crippen molar-refractivity contribution in [2.24, 2.45) is 4.99 Å². The van der Waals surface area contributed by atoms with E-state index in [0.29, 0.717) is 29.8 Å². The van der Waals surface area contributed by atoms with E-state index >= 15 is 0 Å². The fraction of sp³-hybridized carbons (Fsp3) is 0.550. The van der Waals surface area contributed by atoms with Gasteiger partial charge in [-0.2, -0.15) is 4.98 Å². The van der Waals surface area contributed by atoms with Crippen LogP contribution in [0.3, 0.4) is 0 Å². The first-order valence-electron chi connectivity index (χ1n) is 9.45. The molecular formula is C20H29ClFN5O. The first kappa shape index (κ1) is 22.1. The number of aryl methyl sites for hydroxylation is 1. The molecule has 0 saturated carbocycles. The van der Waals surface area contributed by atoms with Crippen molar-refractivity contribution in [2.75, 3.05) is 20.1 Å². The average Bonchev–Trinajstić information content (AvgIpc) is 3.10. The molecule has 0 saturated heterocycles. The summed E-state index contributed by atoms with van der Waals surface area (Å²) in [6.07, 6.45) is 1.55. The Morgan fingerprint density at radius 2 is 2.07 bits per heavy atom. The third kappa shape index (κ3) is 6.19. The van der Waals surface area contributed by atoms with Crippen molar-refractivity contribution >= 4 is 17.6 Å². The van der Waals surface area contributed by atoms with Crippen LogP contribution in [0.4, 0.5) is 4.39 Å². The molecule has 1 heterocycles. The van der Waals surface area contributed by atoms with Crippen LogP contribution < -0.4 is 10.6 Å². The molecule has 0 atom stereocenters. The molecule has 0 aliphatic heterocycles. The smallest absolute Gasteiger partial charge is 0.226 e. The van der Waals surface area contributed by atoms with E-state index in [9.17, 15) is 4.39 Å². The van der Waals surface area contributed by atoms with Gasteiger partial charge in [0, 0.05) is 42.9 Å². The first-order valence-corrected chi connectivity index (χ1v) is 9.83. The molecule has 0 aliphatic rings. The number of aromatic nitrogens is 2. The summed E-state index contributed by atoms with van der Waals surface area (Å²) in [7, 11) is 1.72. The quantitative estimate of drug-likeness (QED) is 0.390. The molecule has 2 aromatic rings. The van der Waals surface area contributed by atoms with Crippen LogP contribution in [0.25, 0.3) is 0 Å². The van der Waals surface area contributed by atoms with E-state index in [-0.39, 0.29) is 17.2 Å². The Labute approximate surface area is 171 Å². The molecule has 6 nitrogen and oxygen atoms in total. The lowest BCUT2D eigenvalue weighted by atomic mass is 9.84. The van der Waals surface area contributed by atoms with E-state index in [4.69, 9.17) is 16.1 Å². The largest absolute Gasteiger partial charge is 0.356 e. The van der Waals surface area contributed by atoms with Crippen LogP contribution in [0.1, 0.15) is 57.3 Å². The van der Waals surface area contributed by atoms with Gasteiger partial charge in [-0.15, -0.1) is 0 Å². The van der Waals surface area contributed by atoms with E-state index in [1.807, 2.05) is 27.7 Å². The molecule has 2 N–H and O–H groups in total. The second kappa shape index (κ2) is 9.87. The van der Waals surface area contributed by atoms with Crippen molar-refractivity contribution in [1.82, 2.24) is 20.8 Å². The molecule has 0 bridgehead atoms. The highest BCUT2D eigenvalue weighted by Gasteiger charge is 2.24. The van der Waals surface area contributed by atoms with Crippen LogP contribution in [0.15, 0.2) is 27.7 Å². The minimum atomic E-state index is -0.336. The molecule has 8 heteroatoms.